The number of rotatable bonds is 1. The first kappa shape index (κ1) is 11.6. The van der Waals surface area contributed by atoms with Crippen molar-refractivity contribution >= 4 is 0 Å². The Hall–Kier alpha value is -1.85. The molecule has 0 aliphatic rings. The van der Waals surface area contributed by atoms with E-state index in [1.54, 1.807) is 0 Å². The van der Waals surface area contributed by atoms with Gasteiger partial charge in [0, 0.05) is 17.8 Å². The molecule has 0 amide bonds. The van der Waals surface area contributed by atoms with Crippen molar-refractivity contribution in [2.45, 2.75) is 13.1 Å². The van der Waals surface area contributed by atoms with Gasteiger partial charge in [-0.1, -0.05) is 0 Å². The molecule has 6 heteroatoms. The molecule has 1 radical (unpaired) electrons. The molecule has 0 spiro atoms. The lowest BCUT2D eigenvalue weighted by molar-refractivity contribution is -0.141. The Bertz CT molecular complexity index is 543. The lowest BCUT2D eigenvalue weighted by atomic mass is 10.3. The van der Waals surface area contributed by atoms with Gasteiger partial charge in [-0.2, -0.15) is 18.3 Å². The van der Waals surface area contributed by atoms with Gasteiger partial charge in [-0.05, 0) is 25.1 Å². The summed E-state index contributed by atoms with van der Waals surface area (Å²) in [5.74, 6) is -0.647. The van der Waals surface area contributed by atoms with E-state index in [1.165, 1.54) is 19.1 Å². The van der Waals surface area contributed by atoms with Crippen molar-refractivity contribution in [2.24, 2.45) is 0 Å². The van der Waals surface area contributed by atoms with Crippen molar-refractivity contribution in [1.29, 1.82) is 0 Å². The highest BCUT2D eigenvalue weighted by molar-refractivity contribution is 5.33. The van der Waals surface area contributed by atoms with Gasteiger partial charge in [0.25, 0.3) is 0 Å². The SMILES string of the molecule is Cc1cc(C(F)(F)F)nn1-c1cc[c]c(F)c1. The first-order valence-corrected chi connectivity index (χ1v) is 4.69. The van der Waals surface area contributed by atoms with E-state index in [9.17, 15) is 17.6 Å². The maximum Gasteiger partial charge on any atom is 0.435 e. The highest BCUT2D eigenvalue weighted by Gasteiger charge is 2.34. The second-order valence-electron chi connectivity index (χ2n) is 3.48. The molecule has 2 aromatic rings. The molecule has 0 saturated carbocycles. The molecule has 2 nitrogen and oxygen atoms in total. The van der Waals surface area contributed by atoms with Crippen molar-refractivity contribution in [1.82, 2.24) is 9.78 Å². The van der Waals surface area contributed by atoms with Crippen LogP contribution in [0.15, 0.2) is 24.3 Å². The molecule has 0 unspecified atom stereocenters. The molecule has 0 bridgehead atoms. The molecule has 0 saturated heterocycles. The largest absolute Gasteiger partial charge is 0.435 e. The number of hydrogen-bond acceptors (Lipinski definition) is 1. The van der Waals surface area contributed by atoms with Crippen LogP contribution >= 0.6 is 0 Å². The van der Waals surface area contributed by atoms with E-state index in [-0.39, 0.29) is 11.4 Å². The highest BCUT2D eigenvalue weighted by atomic mass is 19.4. The number of aryl methyl sites for hydroxylation is 1. The molecule has 1 heterocycles. The summed E-state index contributed by atoms with van der Waals surface area (Å²) < 4.78 is 51.2. The quantitative estimate of drug-likeness (QED) is 0.703. The van der Waals surface area contributed by atoms with Gasteiger partial charge < -0.3 is 0 Å². The van der Waals surface area contributed by atoms with E-state index in [0.29, 0.717) is 0 Å². The summed E-state index contributed by atoms with van der Waals surface area (Å²) in [6.45, 7) is 1.47. The third kappa shape index (κ3) is 2.30. The fourth-order valence-electron chi connectivity index (χ4n) is 1.43. The summed E-state index contributed by atoms with van der Waals surface area (Å²) in [6, 6.07) is 6.97. The Morgan fingerprint density at radius 3 is 2.53 bits per heavy atom. The number of nitrogens with zero attached hydrogens (tertiary/aromatic N) is 2. The Morgan fingerprint density at radius 2 is 2.00 bits per heavy atom. The fraction of sp³-hybridized carbons (Fsp3) is 0.182. The van der Waals surface area contributed by atoms with Crippen molar-refractivity contribution in [3.05, 3.63) is 47.5 Å². The van der Waals surface area contributed by atoms with Crippen molar-refractivity contribution in [3.63, 3.8) is 0 Å². The maximum atomic E-state index is 12.9. The molecular formula is C11H7F4N2. The molecule has 89 valence electrons. The first-order chi connectivity index (χ1) is 7.88. The van der Waals surface area contributed by atoms with Crippen molar-refractivity contribution < 1.29 is 17.6 Å². The average Bonchev–Trinajstić information content (AvgIpc) is 2.60. The molecular weight excluding hydrogens is 236 g/mol. The van der Waals surface area contributed by atoms with Crippen LogP contribution in [0.25, 0.3) is 5.69 Å². The van der Waals surface area contributed by atoms with Crippen LogP contribution in [-0.4, -0.2) is 9.78 Å². The predicted molar refractivity (Wildman–Crippen MR) is 52.1 cm³/mol. The number of benzene rings is 1. The zero-order valence-corrected chi connectivity index (χ0v) is 8.72. The van der Waals surface area contributed by atoms with E-state index in [1.807, 2.05) is 0 Å². The van der Waals surface area contributed by atoms with Crippen molar-refractivity contribution in [2.75, 3.05) is 0 Å². The molecule has 1 aromatic carbocycles. The minimum absolute atomic E-state index is 0.231. The first-order valence-electron chi connectivity index (χ1n) is 4.69. The number of aromatic nitrogens is 2. The zero-order chi connectivity index (χ0) is 12.6. The highest BCUT2D eigenvalue weighted by Crippen LogP contribution is 2.29. The standard InChI is InChI=1S/C11H7F4N2/c1-7-5-10(11(13,14)15)16-17(7)9-4-2-3-8(12)6-9/h2,4-6H,1H3. The van der Waals surface area contributed by atoms with Gasteiger partial charge in [0.1, 0.15) is 5.82 Å². The number of halogens is 4. The lowest BCUT2D eigenvalue weighted by Crippen LogP contribution is -2.07. The van der Waals surface area contributed by atoms with E-state index in [2.05, 4.69) is 11.2 Å². The Balaban J connectivity index is 2.50. The van der Waals surface area contributed by atoms with E-state index < -0.39 is 17.7 Å². The minimum atomic E-state index is -4.50. The average molecular weight is 243 g/mol. The molecule has 0 fully saturated rings. The molecule has 2 rings (SSSR count). The Morgan fingerprint density at radius 1 is 1.29 bits per heavy atom. The van der Waals surface area contributed by atoms with Crippen LogP contribution in [0.4, 0.5) is 17.6 Å². The lowest BCUT2D eigenvalue weighted by Gasteiger charge is -2.04. The van der Waals surface area contributed by atoms with Crippen LogP contribution in [-0.2, 0) is 6.18 Å². The third-order valence-electron chi connectivity index (χ3n) is 2.17. The second-order valence-corrected chi connectivity index (χ2v) is 3.48. The summed E-state index contributed by atoms with van der Waals surface area (Å²) in [5, 5.41) is 3.40. The van der Waals surface area contributed by atoms with Gasteiger partial charge in [-0.15, -0.1) is 0 Å². The molecule has 0 aliphatic carbocycles. The summed E-state index contributed by atoms with van der Waals surface area (Å²) in [6.07, 6.45) is -4.50. The summed E-state index contributed by atoms with van der Waals surface area (Å²) in [7, 11) is 0. The van der Waals surface area contributed by atoms with Crippen LogP contribution in [0.5, 0.6) is 0 Å². The molecule has 0 atom stereocenters. The molecule has 0 aliphatic heterocycles. The third-order valence-corrected chi connectivity index (χ3v) is 2.17. The van der Waals surface area contributed by atoms with Crippen LogP contribution in [0.1, 0.15) is 11.4 Å². The van der Waals surface area contributed by atoms with Gasteiger partial charge in [0.05, 0.1) is 5.69 Å². The van der Waals surface area contributed by atoms with E-state index in [4.69, 9.17) is 0 Å². The number of alkyl halides is 3. The van der Waals surface area contributed by atoms with Gasteiger partial charge in [0.15, 0.2) is 5.69 Å². The second kappa shape index (κ2) is 3.87. The summed E-state index contributed by atoms with van der Waals surface area (Å²) in [4.78, 5) is 0. The van der Waals surface area contributed by atoms with Crippen LogP contribution < -0.4 is 0 Å². The normalized spacial score (nSPS) is 11.8. The number of hydrogen-bond donors (Lipinski definition) is 0. The van der Waals surface area contributed by atoms with Gasteiger partial charge in [-0.3, -0.25) is 0 Å². The summed E-state index contributed by atoms with van der Waals surface area (Å²) >= 11 is 0. The van der Waals surface area contributed by atoms with Gasteiger partial charge in [0.2, 0.25) is 0 Å². The molecule has 17 heavy (non-hydrogen) atoms. The minimum Gasteiger partial charge on any atom is -0.237 e. The van der Waals surface area contributed by atoms with Gasteiger partial charge >= 0.3 is 6.18 Å². The fourth-order valence-corrected chi connectivity index (χ4v) is 1.43. The van der Waals surface area contributed by atoms with Crippen LogP contribution in [0.2, 0.25) is 0 Å². The maximum absolute atomic E-state index is 12.9. The zero-order valence-electron chi connectivity index (χ0n) is 8.72. The van der Waals surface area contributed by atoms with Gasteiger partial charge in [-0.25, -0.2) is 9.07 Å². The van der Waals surface area contributed by atoms with Crippen LogP contribution in [0, 0.1) is 18.8 Å². The summed E-state index contributed by atoms with van der Waals surface area (Å²) in [5.41, 5.74) is -0.486. The van der Waals surface area contributed by atoms with E-state index in [0.717, 1.165) is 16.8 Å². The van der Waals surface area contributed by atoms with E-state index >= 15 is 0 Å². The van der Waals surface area contributed by atoms with Crippen LogP contribution in [0.3, 0.4) is 0 Å². The predicted octanol–water partition coefficient (Wildman–Crippen LogP) is 3.14. The topological polar surface area (TPSA) is 17.8 Å². The van der Waals surface area contributed by atoms with Crippen molar-refractivity contribution in [3.8, 4) is 5.69 Å². The Kier molecular flexibility index (Phi) is 2.65. The smallest absolute Gasteiger partial charge is 0.237 e. The monoisotopic (exact) mass is 243 g/mol. The Labute approximate surface area is 94.5 Å². The molecule has 0 N–H and O–H groups in total. The molecule has 1 aromatic heterocycles.